The lowest BCUT2D eigenvalue weighted by Gasteiger charge is -2.25. The number of sulfonamides is 1. The highest BCUT2D eigenvalue weighted by Gasteiger charge is 2.34. The Balaban J connectivity index is 1.62. The lowest BCUT2D eigenvalue weighted by Crippen LogP contribution is -2.27. The van der Waals surface area contributed by atoms with E-state index >= 15 is 0 Å². The van der Waals surface area contributed by atoms with E-state index in [2.05, 4.69) is 4.72 Å². The number of hydrogen-bond donors (Lipinski definition) is 1. The van der Waals surface area contributed by atoms with Gasteiger partial charge in [0.25, 0.3) is 10.0 Å². The molecule has 154 valence electrons. The van der Waals surface area contributed by atoms with Gasteiger partial charge in [0.2, 0.25) is 5.91 Å². The van der Waals surface area contributed by atoms with Crippen molar-refractivity contribution in [3.8, 4) is 0 Å². The highest BCUT2D eigenvalue weighted by Crippen LogP contribution is 2.42. The van der Waals surface area contributed by atoms with E-state index in [1.165, 1.54) is 11.8 Å². The van der Waals surface area contributed by atoms with Gasteiger partial charge in [0.1, 0.15) is 5.37 Å². The molecule has 30 heavy (non-hydrogen) atoms. The van der Waals surface area contributed by atoms with Crippen molar-refractivity contribution < 1.29 is 13.2 Å². The molecule has 3 aromatic rings. The molecule has 7 heteroatoms. The predicted octanol–water partition coefficient (Wildman–Crippen LogP) is 4.88. The maximum absolute atomic E-state index is 12.7. The number of nitrogens with zero attached hydrogens (tertiary/aromatic N) is 1. The van der Waals surface area contributed by atoms with Crippen LogP contribution in [0.5, 0.6) is 0 Å². The first-order chi connectivity index (χ1) is 14.3. The van der Waals surface area contributed by atoms with E-state index < -0.39 is 10.0 Å². The summed E-state index contributed by atoms with van der Waals surface area (Å²) in [6.07, 6.45) is 0. The summed E-state index contributed by atoms with van der Waals surface area (Å²) >= 11 is 1.53. The van der Waals surface area contributed by atoms with Crippen LogP contribution in [-0.4, -0.2) is 20.1 Å². The second-order valence-electron chi connectivity index (χ2n) is 7.31. The van der Waals surface area contributed by atoms with Crippen LogP contribution in [-0.2, 0) is 14.8 Å². The van der Waals surface area contributed by atoms with Crippen molar-refractivity contribution in [1.82, 2.24) is 0 Å². The lowest BCUT2D eigenvalue weighted by atomic mass is 10.1. The van der Waals surface area contributed by atoms with Gasteiger partial charge in [-0.1, -0.05) is 47.5 Å². The molecule has 1 fully saturated rings. The van der Waals surface area contributed by atoms with Crippen molar-refractivity contribution in [2.24, 2.45) is 0 Å². The third-order valence-corrected chi connectivity index (χ3v) is 7.54. The fourth-order valence-electron chi connectivity index (χ4n) is 3.34. The normalized spacial score (nSPS) is 16.7. The smallest absolute Gasteiger partial charge is 0.261 e. The molecule has 1 N–H and O–H groups in total. The Morgan fingerprint density at radius 1 is 0.933 bits per heavy atom. The van der Waals surface area contributed by atoms with Crippen LogP contribution in [0.15, 0.2) is 77.7 Å². The highest BCUT2D eigenvalue weighted by atomic mass is 32.2. The van der Waals surface area contributed by atoms with Gasteiger partial charge >= 0.3 is 0 Å². The molecule has 4 rings (SSSR count). The van der Waals surface area contributed by atoms with Gasteiger partial charge in [-0.25, -0.2) is 8.42 Å². The van der Waals surface area contributed by atoms with Gasteiger partial charge < -0.3 is 0 Å². The maximum atomic E-state index is 12.7. The average Bonchev–Trinajstić information content (AvgIpc) is 3.10. The van der Waals surface area contributed by atoms with Gasteiger partial charge in [0.05, 0.1) is 10.6 Å². The maximum Gasteiger partial charge on any atom is 0.261 e. The topological polar surface area (TPSA) is 66.5 Å². The first-order valence-electron chi connectivity index (χ1n) is 9.53. The van der Waals surface area contributed by atoms with E-state index in [1.54, 1.807) is 47.4 Å². The second kappa shape index (κ2) is 8.16. The molecular weight excluding hydrogens is 416 g/mol. The molecule has 0 spiro atoms. The molecule has 0 aliphatic carbocycles. The third-order valence-electron chi connectivity index (χ3n) is 4.94. The number of aryl methyl sites for hydroxylation is 2. The van der Waals surface area contributed by atoms with Crippen LogP contribution < -0.4 is 9.62 Å². The summed E-state index contributed by atoms with van der Waals surface area (Å²) in [5.74, 6) is 0.428. The molecule has 5 nitrogen and oxygen atoms in total. The Morgan fingerprint density at radius 2 is 1.57 bits per heavy atom. The first kappa shape index (κ1) is 20.5. The first-order valence-corrected chi connectivity index (χ1v) is 12.1. The SMILES string of the molecule is Cc1ccc(N2C(=O)CS[C@@H]2c2cccc(NS(=O)(=O)c3ccc(C)cc3)c2)cc1. The Bertz CT molecular complexity index is 1170. The summed E-state index contributed by atoms with van der Waals surface area (Å²) in [6.45, 7) is 3.92. The minimum atomic E-state index is -3.69. The third kappa shape index (κ3) is 4.22. The molecule has 0 saturated carbocycles. The molecular formula is C23H22N2O3S2. The van der Waals surface area contributed by atoms with E-state index in [0.717, 1.165) is 22.4 Å². The molecule has 1 aliphatic rings. The molecule has 1 heterocycles. The summed E-state index contributed by atoms with van der Waals surface area (Å²) < 4.78 is 28.1. The van der Waals surface area contributed by atoms with Crippen LogP contribution >= 0.6 is 11.8 Å². The Hall–Kier alpha value is -2.77. The van der Waals surface area contributed by atoms with Crippen LogP contribution in [0, 0.1) is 13.8 Å². The van der Waals surface area contributed by atoms with Gasteiger partial charge in [-0.05, 0) is 55.8 Å². The summed E-state index contributed by atoms with van der Waals surface area (Å²) in [5, 5.41) is -0.205. The standard InChI is InChI=1S/C23H22N2O3S2/c1-16-6-10-20(11-7-16)25-22(26)15-29-23(25)18-4-3-5-19(14-18)24-30(27,28)21-12-8-17(2)9-13-21/h3-14,23-24H,15H2,1-2H3/t23-/m1/s1. The molecule has 1 saturated heterocycles. The molecule has 0 aromatic heterocycles. The molecule has 0 bridgehead atoms. The fourth-order valence-corrected chi connectivity index (χ4v) is 5.56. The summed E-state index contributed by atoms with van der Waals surface area (Å²) in [4.78, 5) is 14.6. The van der Waals surface area contributed by atoms with Crippen LogP contribution in [0.3, 0.4) is 0 Å². The lowest BCUT2D eigenvalue weighted by molar-refractivity contribution is -0.115. The predicted molar refractivity (Wildman–Crippen MR) is 122 cm³/mol. The Kier molecular flexibility index (Phi) is 5.58. The minimum absolute atomic E-state index is 0.0412. The molecule has 0 radical (unpaired) electrons. The quantitative estimate of drug-likeness (QED) is 0.616. The van der Waals surface area contributed by atoms with Gasteiger partial charge in [-0.2, -0.15) is 0 Å². The van der Waals surface area contributed by atoms with Crippen molar-refractivity contribution in [1.29, 1.82) is 0 Å². The average molecular weight is 439 g/mol. The molecule has 1 amide bonds. The zero-order chi connectivity index (χ0) is 21.3. The van der Waals surface area contributed by atoms with Crippen molar-refractivity contribution in [2.75, 3.05) is 15.4 Å². The number of nitrogens with one attached hydrogen (secondary N) is 1. The molecule has 3 aromatic carbocycles. The van der Waals surface area contributed by atoms with E-state index in [4.69, 9.17) is 0 Å². The minimum Gasteiger partial charge on any atom is -0.295 e. The zero-order valence-electron chi connectivity index (χ0n) is 16.7. The van der Waals surface area contributed by atoms with E-state index in [0.29, 0.717) is 11.4 Å². The number of amides is 1. The summed E-state index contributed by atoms with van der Waals surface area (Å²) in [6, 6.07) is 21.8. The van der Waals surface area contributed by atoms with Crippen LogP contribution in [0.1, 0.15) is 22.1 Å². The van der Waals surface area contributed by atoms with E-state index in [1.807, 2.05) is 44.2 Å². The van der Waals surface area contributed by atoms with Crippen molar-refractivity contribution in [2.45, 2.75) is 24.1 Å². The molecule has 1 atom stereocenters. The number of hydrogen-bond acceptors (Lipinski definition) is 4. The van der Waals surface area contributed by atoms with Crippen molar-refractivity contribution in [3.05, 3.63) is 89.5 Å². The number of carbonyl (C=O) groups excluding carboxylic acids is 1. The molecule has 1 aliphatic heterocycles. The number of anilines is 2. The number of benzene rings is 3. The van der Waals surface area contributed by atoms with Crippen LogP contribution in [0.25, 0.3) is 0 Å². The van der Waals surface area contributed by atoms with Gasteiger partial charge in [0.15, 0.2) is 0 Å². The van der Waals surface area contributed by atoms with Gasteiger partial charge in [-0.15, -0.1) is 11.8 Å². The molecule has 0 unspecified atom stereocenters. The van der Waals surface area contributed by atoms with Gasteiger partial charge in [0, 0.05) is 11.4 Å². The Labute approximate surface area is 181 Å². The Morgan fingerprint density at radius 3 is 2.23 bits per heavy atom. The largest absolute Gasteiger partial charge is 0.295 e. The van der Waals surface area contributed by atoms with Crippen LogP contribution in [0.2, 0.25) is 0 Å². The highest BCUT2D eigenvalue weighted by molar-refractivity contribution is 8.00. The number of thioether (sulfide) groups is 1. The van der Waals surface area contributed by atoms with Crippen LogP contribution in [0.4, 0.5) is 11.4 Å². The fraction of sp³-hybridized carbons (Fsp3) is 0.174. The number of carbonyl (C=O) groups is 1. The van der Waals surface area contributed by atoms with E-state index in [9.17, 15) is 13.2 Å². The zero-order valence-corrected chi connectivity index (χ0v) is 18.3. The van der Waals surface area contributed by atoms with Crippen molar-refractivity contribution >= 4 is 39.1 Å². The monoisotopic (exact) mass is 438 g/mol. The van der Waals surface area contributed by atoms with Crippen molar-refractivity contribution in [3.63, 3.8) is 0 Å². The van der Waals surface area contributed by atoms with Gasteiger partial charge in [-0.3, -0.25) is 14.4 Å². The summed E-state index contributed by atoms with van der Waals surface area (Å²) in [7, 11) is -3.69. The second-order valence-corrected chi connectivity index (χ2v) is 10.1. The summed E-state index contributed by atoms with van der Waals surface area (Å²) in [5.41, 5.74) is 4.30. The van der Waals surface area contributed by atoms with E-state index in [-0.39, 0.29) is 16.2 Å². The number of rotatable bonds is 5.